The number of ether oxygens (including phenoxy) is 1. The molecule has 0 bridgehead atoms. The van der Waals surface area contributed by atoms with Crippen LogP contribution in [0.15, 0.2) is 24.3 Å². The Morgan fingerprint density at radius 2 is 1.89 bits per heavy atom. The number of benzene rings is 1. The highest BCUT2D eigenvalue weighted by atomic mass is 19.3. The second kappa shape index (κ2) is 6.96. The van der Waals surface area contributed by atoms with E-state index in [4.69, 9.17) is 4.74 Å². The predicted molar refractivity (Wildman–Crippen MR) is 69.4 cm³/mol. The number of aliphatic hydroxyl groups excluding tert-OH is 1. The Morgan fingerprint density at radius 3 is 2.42 bits per heavy atom. The van der Waals surface area contributed by atoms with Gasteiger partial charge in [0.1, 0.15) is 6.61 Å². The molecule has 2 rings (SSSR count). The van der Waals surface area contributed by atoms with Crippen molar-refractivity contribution in [1.29, 1.82) is 0 Å². The van der Waals surface area contributed by atoms with Crippen LogP contribution in [0.2, 0.25) is 0 Å². The Hall–Kier alpha value is -1.00. The maximum Gasteiger partial charge on any atom is 0.261 e. The first-order chi connectivity index (χ1) is 9.16. The summed E-state index contributed by atoms with van der Waals surface area (Å²) in [5.41, 5.74) is 2.15. The van der Waals surface area contributed by atoms with Crippen molar-refractivity contribution in [3.63, 3.8) is 0 Å². The Balaban J connectivity index is 1.76. The minimum Gasteiger partial charge on any atom is -0.388 e. The topological polar surface area (TPSA) is 29.5 Å². The number of hydrogen-bond donors (Lipinski definition) is 1. The van der Waals surface area contributed by atoms with Crippen LogP contribution in [0.3, 0.4) is 0 Å². The normalized spacial score (nSPS) is 17.5. The number of halogens is 2. The fourth-order valence-corrected chi connectivity index (χ4v) is 2.27. The molecular formula is C15H20F2O2. The molecule has 0 radical (unpaired) electrons. The van der Waals surface area contributed by atoms with E-state index in [1.165, 1.54) is 24.8 Å². The van der Waals surface area contributed by atoms with E-state index in [2.05, 4.69) is 12.1 Å². The highest BCUT2D eigenvalue weighted by molar-refractivity contribution is 5.27. The highest BCUT2D eigenvalue weighted by Gasteiger charge is 2.19. The van der Waals surface area contributed by atoms with Gasteiger partial charge >= 0.3 is 0 Å². The van der Waals surface area contributed by atoms with Crippen LogP contribution in [0.5, 0.6) is 0 Å². The standard InChI is InChI=1S/C15H20F2O2/c16-15(17)10-19-9-8-14(18)13-6-4-12(5-7-13)11-2-1-3-11/h4-7,11,14-15,18H,1-3,8-10H2. The number of hydrogen-bond acceptors (Lipinski definition) is 2. The van der Waals surface area contributed by atoms with Gasteiger partial charge in [-0.2, -0.15) is 0 Å². The number of aliphatic hydroxyl groups is 1. The molecule has 0 heterocycles. The summed E-state index contributed by atoms with van der Waals surface area (Å²) in [5.74, 6) is 0.681. The van der Waals surface area contributed by atoms with Crippen LogP contribution in [0.25, 0.3) is 0 Å². The fourth-order valence-electron chi connectivity index (χ4n) is 2.27. The molecule has 1 unspecified atom stereocenters. The van der Waals surface area contributed by atoms with Crippen LogP contribution < -0.4 is 0 Å². The molecule has 106 valence electrons. The summed E-state index contributed by atoms with van der Waals surface area (Å²) >= 11 is 0. The molecule has 2 nitrogen and oxygen atoms in total. The summed E-state index contributed by atoms with van der Waals surface area (Å²) in [5, 5.41) is 9.92. The van der Waals surface area contributed by atoms with Crippen LogP contribution in [0.4, 0.5) is 8.78 Å². The molecule has 1 aliphatic rings. The van der Waals surface area contributed by atoms with Crippen LogP contribution in [0.1, 0.15) is 48.8 Å². The third kappa shape index (κ3) is 4.25. The van der Waals surface area contributed by atoms with Crippen molar-refractivity contribution in [2.75, 3.05) is 13.2 Å². The summed E-state index contributed by atoms with van der Waals surface area (Å²) < 4.78 is 28.5. The molecule has 1 aliphatic carbocycles. The van der Waals surface area contributed by atoms with Gasteiger partial charge in [0, 0.05) is 13.0 Å². The van der Waals surface area contributed by atoms with Gasteiger partial charge in [0.05, 0.1) is 6.10 Å². The second-order valence-corrected chi connectivity index (χ2v) is 5.06. The van der Waals surface area contributed by atoms with Crippen molar-refractivity contribution in [1.82, 2.24) is 0 Å². The highest BCUT2D eigenvalue weighted by Crippen LogP contribution is 2.36. The lowest BCUT2D eigenvalue weighted by atomic mass is 9.80. The third-order valence-corrected chi connectivity index (χ3v) is 3.68. The Labute approximate surface area is 112 Å². The van der Waals surface area contributed by atoms with Crippen molar-refractivity contribution in [2.45, 2.75) is 44.1 Å². The van der Waals surface area contributed by atoms with Gasteiger partial charge in [0.15, 0.2) is 0 Å². The van der Waals surface area contributed by atoms with Crippen molar-refractivity contribution < 1.29 is 18.6 Å². The molecule has 1 saturated carbocycles. The van der Waals surface area contributed by atoms with Gasteiger partial charge in [0.25, 0.3) is 6.43 Å². The summed E-state index contributed by atoms with van der Waals surface area (Å²) in [4.78, 5) is 0. The molecule has 0 saturated heterocycles. The first kappa shape index (κ1) is 14.4. The summed E-state index contributed by atoms with van der Waals surface area (Å²) in [6.45, 7) is -0.413. The lowest BCUT2D eigenvalue weighted by Crippen LogP contribution is -2.10. The zero-order valence-electron chi connectivity index (χ0n) is 10.9. The van der Waals surface area contributed by atoms with Crippen LogP contribution in [-0.2, 0) is 4.74 Å². The van der Waals surface area contributed by atoms with Crippen molar-refractivity contribution in [2.24, 2.45) is 0 Å². The number of alkyl halides is 2. The fraction of sp³-hybridized carbons (Fsp3) is 0.600. The molecule has 4 heteroatoms. The van der Waals surface area contributed by atoms with Gasteiger partial charge < -0.3 is 9.84 Å². The molecule has 1 N–H and O–H groups in total. The molecule has 1 aromatic rings. The Morgan fingerprint density at radius 1 is 1.21 bits per heavy atom. The molecule has 0 spiro atoms. The van der Waals surface area contributed by atoms with E-state index >= 15 is 0 Å². The van der Waals surface area contributed by atoms with E-state index in [1.807, 2.05) is 12.1 Å². The average molecular weight is 270 g/mol. The van der Waals surface area contributed by atoms with Crippen molar-refractivity contribution in [3.05, 3.63) is 35.4 Å². The van der Waals surface area contributed by atoms with E-state index in [0.717, 1.165) is 5.56 Å². The smallest absolute Gasteiger partial charge is 0.261 e. The van der Waals surface area contributed by atoms with E-state index in [0.29, 0.717) is 12.3 Å². The zero-order chi connectivity index (χ0) is 13.7. The molecule has 19 heavy (non-hydrogen) atoms. The lowest BCUT2D eigenvalue weighted by molar-refractivity contribution is 0.00481. The molecular weight excluding hydrogens is 250 g/mol. The Kier molecular flexibility index (Phi) is 5.28. The summed E-state index contributed by atoms with van der Waals surface area (Å²) in [7, 11) is 0. The van der Waals surface area contributed by atoms with Gasteiger partial charge in [0.2, 0.25) is 0 Å². The minimum absolute atomic E-state index is 0.149. The molecule has 0 aliphatic heterocycles. The van der Waals surface area contributed by atoms with Gasteiger partial charge in [-0.3, -0.25) is 0 Å². The molecule has 1 atom stereocenters. The SMILES string of the molecule is OC(CCOCC(F)F)c1ccc(C2CCC2)cc1. The second-order valence-electron chi connectivity index (χ2n) is 5.06. The van der Waals surface area contributed by atoms with Crippen LogP contribution in [-0.4, -0.2) is 24.7 Å². The predicted octanol–water partition coefficient (Wildman–Crippen LogP) is 3.66. The first-order valence-electron chi connectivity index (χ1n) is 6.80. The van der Waals surface area contributed by atoms with Gasteiger partial charge in [-0.05, 0) is 29.9 Å². The van der Waals surface area contributed by atoms with Crippen LogP contribution >= 0.6 is 0 Å². The largest absolute Gasteiger partial charge is 0.388 e. The monoisotopic (exact) mass is 270 g/mol. The maximum atomic E-state index is 11.9. The quantitative estimate of drug-likeness (QED) is 0.766. The summed E-state index contributed by atoms with van der Waals surface area (Å²) in [6.07, 6.45) is 1.06. The first-order valence-corrected chi connectivity index (χ1v) is 6.80. The lowest BCUT2D eigenvalue weighted by Gasteiger charge is -2.26. The minimum atomic E-state index is -2.45. The Bertz CT molecular complexity index is 374. The molecule has 1 aromatic carbocycles. The van der Waals surface area contributed by atoms with E-state index < -0.39 is 19.1 Å². The van der Waals surface area contributed by atoms with Gasteiger partial charge in [-0.15, -0.1) is 0 Å². The van der Waals surface area contributed by atoms with Crippen molar-refractivity contribution >= 4 is 0 Å². The van der Waals surface area contributed by atoms with E-state index in [-0.39, 0.29) is 6.61 Å². The van der Waals surface area contributed by atoms with Crippen molar-refractivity contribution in [3.8, 4) is 0 Å². The zero-order valence-corrected chi connectivity index (χ0v) is 10.9. The van der Waals surface area contributed by atoms with E-state index in [9.17, 15) is 13.9 Å². The summed E-state index contributed by atoms with van der Waals surface area (Å²) in [6, 6.07) is 7.96. The molecule has 0 amide bonds. The van der Waals surface area contributed by atoms with Gasteiger partial charge in [-0.1, -0.05) is 30.7 Å². The van der Waals surface area contributed by atoms with Crippen LogP contribution in [0, 0.1) is 0 Å². The average Bonchev–Trinajstić information content (AvgIpc) is 2.33. The maximum absolute atomic E-state index is 11.9. The molecule has 1 fully saturated rings. The third-order valence-electron chi connectivity index (χ3n) is 3.68. The molecule has 0 aromatic heterocycles. The number of rotatable bonds is 7. The van der Waals surface area contributed by atoms with Gasteiger partial charge in [-0.25, -0.2) is 8.78 Å². The van der Waals surface area contributed by atoms with E-state index in [1.54, 1.807) is 0 Å².